The minimum Gasteiger partial charge on any atom is -0.336 e. The van der Waals surface area contributed by atoms with Gasteiger partial charge in [0.05, 0.1) is 0 Å². The highest BCUT2D eigenvalue weighted by molar-refractivity contribution is 9.10. The molecule has 2 heterocycles. The summed E-state index contributed by atoms with van der Waals surface area (Å²) in [6.07, 6.45) is 0.911. The monoisotopic (exact) mass is 310 g/mol. The van der Waals surface area contributed by atoms with E-state index < -0.39 is 0 Å². The summed E-state index contributed by atoms with van der Waals surface area (Å²) in [6, 6.07) is 2.05. The summed E-state index contributed by atoms with van der Waals surface area (Å²) in [4.78, 5) is 14.5. The van der Waals surface area contributed by atoms with Crippen LogP contribution in [0.15, 0.2) is 15.9 Å². The van der Waals surface area contributed by atoms with E-state index in [4.69, 9.17) is 5.73 Å². The molecule has 1 atom stereocenters. The van der Waals surface area contributed by atoms with Crippen molar-refractivity contribution in [3.8, 4) is 0 Å². The molecule has 1 fully saturated rings. The van der Waals surface area contributed by atoms with E-state index in [0.29, 0.717) is 6.54 Å². The zero-order valence-corrected chi connectivity index (χ0v) is 11.2. The molecule has 15 heavy (non-hydrogen) atoms. The summed E-state index contributed by atoms with van der Waals surface area (Å²) >= 11 is 4.83. The van der Waals surface area contributed by atoms with Crippen LogP contribution in [0.2, 0.25) is 0 Å². The standard InChI is InChI=1S/C9H11BrN2OS.ClH/c10-7-2-4-14-8(7)9(13)12-3-1-6(11)5-12;/h2,4,6H,1,3,5,11H2;1H/t6-;/m0./s1. The van der Waals surface area contributed by atoms with E-state index in [0.717, 1.165) is 22.3 Å². The Balaban J connectivity index is 0.00000112. The Labute approximate surface area is 107 Å². The van der Waals surface area contributed by atoms with E-state index in [9.17, 15) is 4.79 Å². The molecule has 0 aliphatic carbocycles. The van der Waals surface area contributed by atoms with Crippen molar-refractivity contribution in [2.45, 2.75) is 12.5 Å². The molecule has 1 saturated heterocycles. The normalized spacial score (nSPS) is 20.1. The van der Waals surface area contributed by atoms with Crippen LogP contribution in [0.4, 0.5) is 0 Å². The first-order chi connectivity index (χ1) is 6.68. The topological polar surface area (TPSA) is 46.3 Å². The molecule has 0 saturated carbocycles. The maximum Gasteiger partial charge on any atom is 0.265 e. The Morgan fingerprint density at radius 3 is 2.87 bits per heavy atom. The number of rotatable bonds is 1. The molecule has 1 aliphatic heterocycles. The first-order valence-corrected chi connectivity index (χ1v) is 6.13. The van der Waals surface area contributed by atoms with Crippen molar-refractivity contribution in [1.29, 1.82) is 0 Å². The van der Waals surface area contributed by atoms with Gasteiger partial charge in [-0.15, -0.1) is 23.7 Å². The Bertz CT molecular complexity index is 358. The summed E-state index contributed by atoms with van der Waals surface area (Å²) in [6.45, 7) is 1.47. The van der Waals surface area contributed by atoms with Gasteiger partial charge in [-0.2, -0.15) is 0 Å². The lowest BCUT2D eigenvalue weighted by molar-refractivity contribution is 0.0795. The number of likely N-dealkylation sites (tertiary alicyclic amines) is 1. The molecule has 1 aromatic heterocycles. The van der Waals surface area contributed by atoms with Crippen molar-refractivity contribution in [1.82, 2.24) is 4.90 Å². The molecule has 0 spiro atoms. The molecule has 1 amide bonds. The zero-order chi connectivity index (χ0) is 10.1. The molecule has 3 nitrogen and oxygen atoms in total. The number of carbonyl (C=O) groups is 1. The second-order valence-corrected chi connectivity index (χ2v) is 5.17. The van der Waals surface area contributed by atoms with Crippen LogP contribution in [0.25, 0.3) is 0 Å². The highest BCUT2D eigenvalue weighted by atomic mass is 79.9. The number of nitrogens with two attached hydrogens (primary N) is 1. The first kappa shape index (κ1) is 13.0. The molecule has 2 N–H and O–H groups in total. The molecular weight excluding hydrogens is 300 g/mol. The quantitative estimate of drug-likeness (QED) is 0.863. The highest BCUT2D eigenvalue weighted by Crippen LogP contribution is 2.25. The lowest BCUT2D eigenvalue weighted by Gasteiger charge is -2.14. The lowest BCUT2D eigenvalue weighted by atomic mass is 10.3. The van der Waals surface area contributed by atoms with Crippen LogP contribution in [-0.4, -0.2) is 29.9 Å². The van der Waals surface area contributed by atoms with E-state index >= 15 is 0 Å². The Kier molecular flexibility index (Phi) is 4.58. The average molecular weight is 312 g/mol. The van der Waals surface area contributed by atoms with Gasteiger partial charge < -0.3 is 10.6 Å². The molecule has 84 valence electrons. The molecule has 0 unspecified atom stereocenters. The molecule has 0 bridgehead atoms. The van der Waals surface area contributed by atoms with Gasteiger partial charge in [0, 0.05) is 23.6 Å². The van der Waals surface area contributed by atoms with Crippen molar-refractivity contribution in [2.24, 2.45) is 5.73 Å². The fourth-order valence-corrected chi connectivity index (χ4v) is 3.07. The number of carbonyl (C=O) groups excluding carboxylic acids is 1. The largest absolute Gasteiger partial charge is 0.336 e. The molecule has 0 radical (unpaired) electrons. The number of halogens is 2. The van der Waals surface area contributed by atoms with Crippen molar-refractivity contribution in [2.75, 3.05) is 13.1 Å². The summed E-state index contributed by atoms with van der Waals surface area (Å²) < 4.78 is 0.882. The van der Waals surface area contributed by atoms with Crippen LogP contribution in [0, 0.1) is 0 Å². The molecular formula is C9H12BrClN2OS. The number of hydrogen-bond donors (Lipinski definition) is 1. The van der Waals surface area contributed by atoms with E-state index in [2.05, 4.69) is 15.9 Å². The minimum absolute atomic E-state index is 0. The van der Waals surface area contributed by atoms with E-state index in [1.165, 1.54) is 11.3 Å². The maximum absolute atomic E-state index is 11.9. The maximum atomic E-state index is 11.9. The first-order valence-electron chi connectivity index (χ1n) is 4.46. The van der Waals surface area contributed by atoms with Gasteiger partial charge in [-0.1, -0.05) is 0 Å². The Morgan fingerprint density at radius 2 is 2.40 bits per heavy atom. The van der Waals surface area contributed by atoms with Crippen LogP contribution in [-0.2, 0) is 0 Å². The van der Waals surface area contributed by atoms with Gasteiger partial charge in [-0.05, 0) is 33.8 Å². The van der Waals surface area contributed by atoms with Gasteiger partial charge in [-0.25, -0.2) is 0 Å². The molecule has 1 aromatic rings. The Hall–Kier alpha value is -0.100. The molecule has 6 heteroatoms. The second kappa shape index (κ2) is 5.30. The minimum atomic E-state index is 0. The third-order valence-corrected chi connectivity index (χ3v) is 4.15. The number of nitrogens with zero attached hydrogens (tertiary/aromatic N) is 1. The van der Waals surface area contributed by atoms with Crippen molar-refractivity contribution >= 4 is 45.6 Å². The average Bonchev–Trinajstić information content (AvgIpc) is 2.73. The third kappa shape index (κ3) is 2.72. The van der Waals surface area contributed by atoms with E-state index in [-0.39, 0.29) is 24.4 Å². The number of hydrogen-bond acceptors (Lipinski definition) is 3. The summed E-state index contributed by atoms with van der Waals surface area (Å²) in [5.41, 5.74) is 5.75. The SMILES string of the molecule is Cl.N[C@H]1CCN(C(=O)c2sccc2Br)C1. The van der Waals surface area contributed by atoms with Crippen molar-refractivity contribution in [3.05, 3.63) is 20.8 Å². The highest BCUT2D eigenvalue weighted by Gasteiger charge is 2.26. The molecule has 1 aliphatic rings. The van der Waals surface area contributed by atoms with E-state index in [1.807, 2.05) is 16.3 Å². The number of thiophene rings is 1. The van der Waals surface area contributed by atoms with Gasteiger partial charge in [0.15, 0.2) is 0 Å². The van der Waals surface area contributed by atoms with Crippen LogP contribution in [0.5, 0.6) is 0 Å². The van der Waals surface area contributed by atoms with Crippen molar-refractivity contribution < 1.29 is 4.79 Å². The van der Waals surface area contributed by atoms with Gasteiger partial charge in [-0.3, -0.25) is 4.79 Å². The van der Waals surface area contributed by atoms with Crippen molar-refractivity contribution in [3.63, 3.8) is 0 Å². The summed E-state index contributed by atoms with van der Waals surface area (Å²) in [7, 11) is 0. The molecule has 2 rings (SSSR count). The smallest absolute Gasteiger partial charge is 0.265 e. The number of amides is 1. The van der Waals surface area contributed by atoms with Gasteiger partial charge in [0.2, 0.25) is 0 Å². The lowest BCUT2D eigenvalue weighted by Crippen LogP contribution is -2.31. The third-order valence-electron chi connectivity index (χ3n) is 2.32. The van der Waals surface area contributed by atoms with Gasteiger partial charge >= 0.3 is 0 Å². The fourth-order valence-electron chi connectivity index (χ4n) is 1.56. The Morgan fingerprint density at radius 1 is 1.67 bits per heavy atom. The van der Waals surface area contributed by atoms with Gasteiger partial charge in [0.1, 0.15) is 4.88 Å². The predicted molar refractivity (Wildman–Crippen MR) is 67.8 cm³/mol. The predicted octanol–water partition coefficient (Wildman–Crippen LogP) is 2.11. The summed E-state index contributed by atoms with van der Waals surface area (Å²) in [5, 5.41) is 1.91. The van der Waals surface area contributed by atoms with Crippen LogP contribution in [0.1, 0.15) is 16.1 Å². The summed E-state index contributed by atoms with van der Waals surface area (Å²) in [5.74, 6) is 0.0971. The van der Waals surface area contributed by atoms with Gasteiger partial charge in [0.25, 0.3) is 5.91 Å². The van der Waals surface area contributed by atoms with Crippen LogP contribution >= 0.6 is 39.7 Å². The van der Waals surface area contributed by atoms with Crippen LogP contribution < -0.4 is 5.73 Å². The zero-order valence-electron chi connectivity index (χ0n) is 7.98. The fraction of sp³-hybridized carbons (Fsp3) is 0.444. The molecule has 0 aromatic carbocycles. The van der Waals surface area contributed by atoms with E-state index in [1.54, 1.807) is 0 Å². The second-order valence-electron chi connectivity index (χ2n) is 3.40. The van der Waals surface area contributed by atoms with Crippen LogP contribution in [0.3, 0.4) is 0 Å².